The predicted molar refractivity (Wildman–Crippen MR) is 537 cm³/mol. The number of aromatic nitrogens is 6. The molecule has 5 aliphatic rings. The Morgan fingerprint density at radius 3 is 1.94 bits per heavy atom. The van der Waals surface area contributed by atoms with Crippen LogP contribution in [0.3, 0.4) is 0 Å². The second-order valence-electron chi connectivity index (χ2n) is 38.1. The van der Waals surface area contributed by atoms with Crippen LogP contribution in [-0.4, -0.2) is 300 Å². The van der Waals surface area contributed by atoms with Crippen molar-refractivity contribution in [3.8, 4) is 16.8 Å². The zero-order chi connectivity index (χ0) is 101. The monoisotopic (exact) mass is 1960 g/mol. The van der Waals surface area contributed by atoms with Crippen LogP contribution in [0.2, 0.25) is 0 Å². The van der Waals surface area contributed by atoms with Gasteiger partial charge < -0.3 is 91.2 Å². The summed E-state index contributed by atoms with van der Waals surface area (Å²) in [7, 11) is 7.94. The van der Waals surface area contributed by atoms with Gasteiger partial charge in [-0.15, -0.1) is 0 Å². The lowest BCUT2D eigenvalue weighted by Crippen LogP contribution is -2.61. The Morgan fingerprint density at radius 2 is 1.29 bits per heavy atom. The summed E-state index contributed by atoms with van der Waals surface area (Å²) in [6.45, 7) is 29.4. The number of benzene rings is 2. The van der Waals surface area contributed by atoms with Gasteiger partial charge in [0.15, 0.2) is 5.78 Å². The number of pyridine rings is 2. The molecular weight excluding hydrogens is 1810 g/mol. The first-order valence-electron chi connectivity index (χ1n) is 50.6. The van der Waals surface area contributed by atoms with Crippen LogP contribution in [0.15, 0.2) is 126 Å². The minimum Gasteiger partial charge on any atom is -0.460 e. The van der Waals surface area contributed by atoms with Crippen LogP contribution in [-0.2, 0) is 113 Å². The summed E-state index contributed by atoms with van der Waals surface area (Å²) in [4.78, 5) is 135. The minimum absolute atomic E-state index is 0.00145. The van der Waals surface area contributed by atoms with Crippen molar-refractivity contribution in [2.75, 3.05) is 170 Å². The van der Waals surface area contributed by atoms with Crippen molar-refractivity contribution < 1.29 is 110 Å². The van der Waals surface area contributed by atoms with Gasteiger partial charge in [-0.3, -0.25) is 47.9 Å². The fourth-order valence-electron chi connectivity index (χ4n) is 18.9. The molecule has 4 fully saturated rings. The second-order valence-corrected chi connectivity index (χ2v) is 38.1. The number of esters is 2. The van der Waals surface area contributed by atoms with Gasteiger partial charge in [-0.2, -0.15) is 0 Å². The molecule has 8 heterocycles. The van der Waals surface area contributed by atoms with Crippen LogP contribution >= 0.6 is 0 Å². The van der Waals surface area contributed by atoms with Crippen molar-refractivity contribution in [3.63, 3.8) is 0 Å². The first-order chi connectivity index (χ1) is 68.0. The summed E-state index contributed by atoms with van der Waals surface area (Å²) in [5, 5.41) is 24.5. The van der Waals surface area contributed by atoms with Crippen molar-refractivity contribution >= 4 is 74.6 Å². The number of hydrogen-bond donors (Lipinski definition) is 2. The van der Waals surface area contributed by atoms with Gasteiger partial charge in [0, 0.05) is 172 Å². The van der Waals surface area contributed by atoms with Crippen LogP contribution in [0.5, 0.6) is 0 Å². The maximum absolute atomic E-state index is 14.6. The lowest BCUT2D eigenvalue weighted by molar-refractivity contribution is -0.265. The number of ether oxygens (including phenoxy) is 14. The number of fused-ring (bicyclic) bond motifs is 6. The van der Waals surface area contributed by atoms with Crippen LogP contribution in [0.1, 0.15) is 181 Å². The highest BCUT2D eigenvalue weighted by atomic mass is 16.6. The third-order valence-electron chi connectivity index (χ3n) is 27.4. The molecule has 33 nitrogen and oxygen atoms in total. The zero-order valence-electron chi connectivity index (χ0n) is 85.7. The Morgan fingerprint density at radius 1 is 0.624 bits per heavy atom. The lowest BCUT2D eigenvalue weighted by atomic mass is 9.78. The molecular formula is C108H155N9O24. The maximum Gasteiger partial charge on any atom is 0.333 e. The molecule has 0 radical (unpaired) electrons. The average molecular weight is 1960 g/mol. The lowest BCUT2D eigenvalue weighted by Gasteiger charge is -2.42. The molecule has 776 valence electrons. The van der Waals surface area contributed by atoms with E-state index >= 15 is 0 Å². The van der Waals surface area contributed by atoms with Crippen molar-refractivity contribution in [2.45, 2.75) is 239 Å². The van der Waals surface area contributed by atoms with Crippen LogP contribution in [0.25, 0.3) is 38.8 Å². The number of anilines is 2. The first kappa shape index (κ1) is 113. The number of hydrogen-bond acceptors (Lipinski definition) is 30. The zero-order valence-corrected chi connectivity index (χ0v) is 85.7. The van der Waals surface area contributed by atoms with Gasteiger partial charge in [0.2, 0.25) is 11.7 Å². The third-order valence-corrected chi connectivity index (χ3v) is 27.4. The van der Waals surface area contributed by atoms with E-state index in [-0.39, 0.29) is 66.7 Å². The number of aliphatic hydroxyl groups excluding tert-OH is 1. The van der Waals surface area contributed by atoms with Gasteiger partial charge in [0.25, 0.3) is 11.7 Å². The second kappa shape index (κ2) is 58.4. The van der Waals surface area contributed by atoms with Crippen LogP contribution < -0.4 is 15.5 Å². The van der Waals surface area contributed by atoms with E-state index in [0.717, 1.165) is 106 Å². The van der Waals surface area contributed by atoms with Gasteiger partial charge in [-0.05, 0) is 193 Å². The maximum atomic E-state index is 14.6. The summed E-state index contributed by atoms with van der Waals surface area (Å²) in [6.07, 6.45) is 21.0. The molecule has 2 aromatic carbocycles. The number of aliphatic hydroxyl groups is 2. The summed E-state index contributed by atoms with van der Waals surface area (Å²) < 4.78 is 82.7. The molecule has 11 rings (SSSR count). The van der Waals surface area contributed by atoms with Gasteiger partial charge in [0.05, 0.1) is 133 Å². The van der Waals surface area contributed by atoms with Gasteiger partial charge >= 0.3 is 17.6 Å². The normalized spacial score (nSPS) is 25.6. The molecule has 0 unspecified atom stereocenters. The van der Waals surface area contributed by atoms with Gasteiger partial charge in [0.1, 0.15) is 42.0 Å². The SMILES string of the molecule is CCCOCCOCCOCCOCCC(=O)CCc1cnc(N2CCN(c3ccc(-n4c(=O)n(C)c5cnc6ccc(-c7ccc(C)nc7)cc6c54)cc3C)CC2)nc1.COCCOCCOCCOCCCC(=O)O[C@@H]1CC[C@@H](C[C@@H](C)[C@@H]2CC(=O)[C@H](C)/C=C(\C)[C@@H](O)[C@@H](OC)C(=O)[C@H](C)C[C@H](C)/C=C/C=C/C=C(\C)[C@@H](OC)C[C@@H]3CC[C@@H](C)[C@@](O)(O3)C(=O)C(=O)N3CCCC[C@H]3C(=O)O2)C[C@H]1OC. The van der Waals surface area contributed by atoms with E-state index in [1.807, 2.05) is 102 Å². The summed E-state index contributed by atoms with van der Waals surface area (Å²) >= 11 is 0. The molecule has 141 heavy (non-hydrogen) atoms. The van der Waals surface area contributed by atoms with Crippen molar-refractivity contribution in [1.82, 2.24) is 34.0 Å². The highest BCUT2D eigenvalue weighted by Gasteiger charge is 2.53. The number of rotatable bonds is 41. The standard InChI is InChI=1S/C62H99NO18.C46H56N8O6/c1-40-18-13-12-14-19-41(2)52(73-9)38-48-24-22-46(7)62(71,81-48)59(68)60(69)63-26-16-15-20-49(63)61(70)80-53(39-50(64)42(3)35-45(6)57(67)58(75-11)56(66)44(5)34-40)43(4)36-47-23-25-51(54(37-47)74-10)79-55(65)21-17-27-76-30-31-78-33-32-77-29-28-72-8;1-5-19-57-21-23-59-25-26-60-24-22-58-20-14-39(55)11-7-35-29-49-45(50-30-35)53-17-15-52(16-18-53)42-13-10-38(27-33(42)2)54-44-40-28-36(37-8-6-34(3)47-31-37)9-12-41(40)48-32-43(44)51(4)46(54)56/h12-14,18-19,35,40,42-44,46-49,51-54,57-58,67,71H,15-17,20-34,36-39H2,1-11H3;6,8-10,12-13,27-32H,5,7,11,14-26H2,1-4H3/b14-12+,18-13+,41-19+,45-35+;/t40-,42-,43-,44-,46-,47+,48+,49+,51-,52+,53+,54-,57-,58+,62-;/m1./s1. The largest absolute Gasteiger partial charge is 0.460 e. The summed E-state index contributed by atoms with van der Waals surface area (Å²) in [5.41, 5.74) is 10.5. The number of methoxy groups -OCH3 is 4. The minimum atomic E-state index is -2.46. The van der Waals surface area contributed by atoms with E-state index < -0.39 is 95.9 Å². The van der Waals surface area contributed by atoms with Gasteiger partial charge in [-0.25, -0.2) is 19.6 Å². The number of amides is 1. The molecule has 2 N–H and O–H groups in total. The Kier molecular flexibility index (Phi) is 47.0. The predicted octanol–water partition coefficient (Wildman–Crippen LogP) is 13.2. The molecule has 2 bridgehead atoms. The Hall–Kier alpha value is -9.56. The molecule has 33 heteroatoms. The van der Waals surface area contributed by atoms with Crippen molar-refractivity contribution in [3.05, 3.63) is 148 Å². The Balaban J connectivity index is 0.000000302. The number of imidazole rings is 1. The average Bonchev–Trinajstić information content (AvgIpc) is 1.56. The van der Waals surface area contributed by atoms with E-state index in [9.17, 15) is 48.6 Å². The number of carbonyl (C=O) groups excluding carboxylic acids is 7. The van der Waals surface area contributed by atoms with E-state index in [2.05, 4.69) is 68.9 Å². The number of allylic oxidation sites excluding steroid dienone is 6. The summed E-state index contributed by atoms with van der Waals surface area (Å²) in [5.74, 6) is -7.88. The fraction of sp³-hybridized carbons (Fsp3) is 0.630. The van der Waals surface area contributed by atoms with Gasteiger partial charge in [-0.1, -0.05) is 90.1 Å². The number of cyclic esters (lactones) is 1. The molecule has 6 aromatic rings. The number of ketones is 4. The molecule has 0 spiro atoms. The number of carbonyl (C=O) groups is 7. The fourth-order valence-corrected chi connectivity index (χ4v) is 18.9. The van der Waals surface area contributed by atoms with E-state index in [1.54, 1.807) is 70.6 Å². The molecule has 15 atom stereocenters. The molecule has 4 aromatic heterocycles. The molecule has 1 saturated carbocycles. The van der Waals surface area contributed by atoms with E-state index in [4.69, 9.17) is 71.3 Å². The van der Waals surface area contributed by atoms with Crippen LogP contribution in [0.4, 0.5) is 11.6 Å². The molecule has 3 saturated heterocycles. The highest BCUT2D eigenvalue weighted by Crippen LogP contribution is 2.40. The van der Waals surface area contributed by atoms with Crippen molar-refractivity contribution in [2.24, 2.45) is 42.6 Å². The van der Waals surface area contributed by atoms with E-state index in [0.29, 0.717) is 194 Å². The third kappa shape index (κ3) is 33.5. The molecule has 4 aliphatic heterocycles. The molecule has 1 amide bonds. The number of piperazine rings is 1. The topological polar surface area (TPSA) is 377 Å². The Labute approximate surface area is 831 Å². The number of nitrogens with zero attached hydrogens (tertiary/aromatic N) is 9. The van der Waals surface area contributed by atoms with E-state index in [1.165, 1.54) is 12.0 Å². The number of piperidine rings is 1. The smallest absolute Gasteiger partial charge is 0.333 e. The highest BCUT2D eigenvalue weighted by molar-refractivity contribution is 6.39. The number of aryl methyl sites for hydroxylation is 4. The quantitative estimate of drug-likeness (QED) is 0.0156. The van der Waals surface area contributed by atoms with Crippen LogP contribution in [0, 0.1) is 49.4 Å². The first-order valence-corrected chi connectivity index (χ1v) is 50.6. The van der Waals surface area contributed by atoms with Crippen molar-refractivity contribution in [1.29, 1.82) is 0 Å². The number of Topliss-reactive ketones (excluding diaryl/α,β-unsaturated/α-hetero) is 4. The Bertz CT molecular complexity index is 5150. The molecule has 1 aliphatic carbocycles. The summed E-state index contributed by atoms with van der Waals surface area (Å²) in [6, 6.07) is 15.3.